The van der Waals surface area contributed by atoms with Crippen LogP contribution in [0.3, 0.4) is 0 Å². The molecule has 0 aliphatic heterocycles. The highest BCUT2D eigenvalue weighted by Crippen LogP contribution is 2.30. The van der Waals surface area contributed by atoms with Crippen molar-refractivity contribution in [2.45, 2.75) is 39.2 Å². The molecule has 98 valence electrons. The summed E-state index contributed by atoms with van der Waals surface area (Å²) in [5, 5.41) is 11.9. The number of carbonyl (C=O) groups is 2. The van der Waals surface area contributed by atoms with Crippen LogP contribution in [0.4, 0.5) is 0 Å². The van der Waals surface area contributed by atoms with Gasteiger partial charge in [-0.2, -0.15) is 0 Å². The lowest BCUT2D eigenvalue weighted by atomic mass is 10.0. The Bertz CT molecular complexity index is 298. The Hall–Kier alpha value is -1.10. The minimum Gasteiger partial charge on any atom is -0.480 e. The molecule has 0 radical (unpaired) electrons. The van der Waals surface area contributed by atoms with Crippen LogP contribution in [0, 0.1) is 5.92 Å². The third-order valence-corrected chi connectivity index (χ3v) is 2.94. The second kappa shape index (κ2) is 5.49. The maximum Gasteiger partial charge on any atom is 0.323 e. The van der Waals surface area contributed by atoms with Crippen LogP contribution in [0.15, 0.2) is 0 Å². The largest absolute Gasteiger partial charge is 0.480 e. The molecule has 1 fully saturated rings. The molecule has 0 spiro atoms. The first-order valence-corrected chi connectivity index (χ1v) is 6.13. The molecule has 2 N–H and O–H groups in total. The smallest absolute Gasteiger partial charge is 0.323 e. The van der Waals surface area contributed by atoms with Crippen molar-refractivity contribution in [2.24, 2.45) is 5.92 Å². The first-order chi connectivity index (χ1) is 7.86. The number of hydrogen-bond acceptors (Lipinski definition) is 3. The van der Waals surface area contributed by atoms with Crippen LogP contribution in [-0.4, -0.2) is 47.1 Å². The van der Waals surface area contributed by atoms with Crippen molar-refractivity contribution in [1.29, 1.82) is 0 Å². The van der Waals surface area contributed by atoms with Crippen LogP contribution in [0.25, 0.3) is 0 Å². The minimum atomic E-state index is -0.953. The molecule has 0 heterocycles. The fourth-order valence-electron chi connectivity index (χ4n) is 1.91. The summed E-state index contributed by atoms with van der Waals surface area (Å²) in [6, 6.07) is 0. The number of carboxylic acid groups (broad SMARTS) is 1. The summed E-state index contributed by atoms with van der Waals surface area (Å²) in [7, 11) is 0. The van der Waals surface area contributed by atoms with Gasteiger partial charge >= 0.3 is 5.97 Å². The Labute approximate surface area is 102 Å². The lowest BCUT2D eigenvalue weighted by Gasteiger charge is -2.31. The summed E-state index contributed by atoms with van der Waals surface area (Å²) in [4.78, 5) is 24.5. The Morgan fingerprint density at radius 3 is 2.41 bits per heavy atom. The van der Waals surface area contributed by atoms with Crippen molar-refractivity contribution in [2.75, 3.05) is 19.6 Å². The molecule has 1 amide bonds. The number of hydrogen-bond donors (Lipinski definition) is 2. The zero-order valence-corrected chi connectivity index (χ0v) is 10.8. The SMILES string of the molecule is CCNC(C)(C)C(=O)N(CC(=O)O)CC1CC1. The van der Waals surface area contributed by atoms with Crippen molar-refractivity contribution in [3.63, 3.8) is 0 Å². The van der Waals surface area contributed by atoms with Gasteiger partial charge in [0.25, 0.3) is 0 Å². The summed E-state index contributed by atoms with van der Waals surface area (Å²) >= 11 is 0. The maximum absolute atomic E-state index is 12.3. The molecule has 0 unspecified atom stereocenters. The van der Waals surface area contributed by atoms with E-state index in [0.717, 1.165) is 12.8 Å². The van der Waals surface area contributed by atoms with Crippen LogP contribution in [0.5, 0.6) is 0 Å². The van der Waals surface area contributed by atoms with Crippen LogP contribution < -0.4 is 5.32 Å². The Balaban J connectivity index is 2.66. The molecule has 1 aliphatic carbocycles. The van der Waals surface area contributed by atoms with Gasteiger partial charge in [0.05, 0.1) is 5.54 Å². The molecule has 1 saturated carbocycles. The van der Waals surface area contributed by atoms with Gasteiger partial charge in [-0.15, -0.1) is 0 Å². The molecule has 0 aromatic carbocycles. The van der Waals surface area contributed by atoms with Gasteiger partial charge in [0, 0.05) is 6.54 Å². The number of nitrogens with zero attached hydrogens (tertiary/aromatic N) is 1. The highest BCUT2D eigenvalue weighted by Gasteiger charge is 2.35. The normalized spacial score (nSPS) is 15.7. The van der Waals surface area contributed by atoms with Gasteiger partial charge in [-0.25, -0.2) is 0 Å². The topological polar surface area (TPSA) is 69.6 Å². The van der Waals surface area contributed by atoms with E-state index >= 15 is 0 Å². The average Bonchev–Trinajstić information content (AvgIpc) is 2.98. The van der Waals surface area contributed by atoms with Gasteiger partial charge in [0.2, 0.25) is 5.91 Å². The van der Waals surface area contributed by atoms with Crippen LogP contribution in [-0.2, 0) is 9.59 Å². The number of carbonyl (C=O) groups excluding carboxylic acids is 1. The predicted molar refractivity (Wildman–Crippen MR) is 64.7 cm³/mol. The number of likely N-dealkylation sites (N-methyl/N-ethyl adjacent to an activating group) is 1. The standard InChI is InChI=1S/C12H22N2O3/c1-4-13-12(2,3)11(17)14(8-10(15)16)7-9-5-6-9/h9,13H,4-8H2,1-3H3,(H,15,16). The average molecular weight is 242 g/mol. The van der Waals surface area contributed by atoms with E-state index < -0.39 is 11.5 Å². The van der Waals surface area contributed by atoms with E-state index in [1.807, 2.05) is 6.92 Å². The van der Waals surface area contributed by atoms with E-state index in [2.05, 4.69) is 5.32 Å². The molecule has 0 saturated heterocycles. The van der Waals surface area contributed by atoms with Gasteiger partial charge in [-0.1, -0.05) is 6.92 Å². The second-order valence-corrected chi connectivity index (χ2v) is 5.18. The third kappa shape index (κ3) is 4.34. The van der Waals surface area contributed by atoms with Gasteiger partial charge in [-0.3, -0.25) is 9.59 Å². The van der Waals surface area contributed by atoms with E-state index in [4.69, 9.17) is 5.11 Å². The quantitative estimate of drug-likeness (QED) is 0.689. The summed E-state index contributed by atoms with van der Waals surface area (Å²) in [6.07, 6.45) is 2.20. The third-order valence-electron chi connectivity index (χ3n) is 2.94. The first-order valence-electron chi connectivity index (χ1n) is 6.13. The monoisotopic (exact) mass is 242 g/mol. The van der Waals surface area contributed by atoms with Gasteiger partial charge in [0.1, 0.15) is 6.54 Å². The lowest BCUT2D eigenvalue weighted by Crippen LogP contribution is -2.55. The second-order valence-electron chi connectivity index (χ2n) is 5.18. The predicted octanol–water partition coefficient (Wildman–Crippen LogP) is 0.698. The van der Waals surface area contributed by atoms with E-state index in [-0.39, 0.29) is 12.5 Å². The fraction of sp³-hybridized carbons (Fsp3) is 0.833. The van der Waals surface area contributed by atoms with Crippen LogP contribution in [0.1, 0.15) is 33.6 Å². The summed E-state index contributed by atoms with van der Waals surface area (Å²) in [5.74, 6) is -0.587. The Morgan fingerprint density at radius 2 is 2.00 bits per heavy atom. The zero-order chi connectivity index (χ0) is 13.1. The van der Waals surface area contributed by atoms with Crippen LogP contribution >= 0.6 is 0 Å². The molecule has 1 rings (SSSR count). The molecule has 0 aromatic heterocycles. The van der Waals surface area contributed by atoms with Crippen molar-refractivity contribution in [3.8, 4) is 0 Å². The van der Waals surface area contributed by atoms with E-state index in [1.165, 1.54) is 4.90 Å². The van der Waals surface area contributed by atoms with E-state index in [1.54, 1.807) is 13.8 Å². The van der Waals surface area contributed by atoms with Crippen molar-refractivity contribution >= 4 is 11.9 Å². The maximum atomic E-state index is 12.3. The zero-order valence-electron chi connectivity index (χ0n) is 10.8. The molecule has 17 heavy (non-hydrogen) atoms. The Kier molecular flexibility index (Phi) is 4.51. The molecular formula is C12H22N2O3. The molecular weight excluding hydrogens is 220 g/mol. The van der Waals surface area contributed by atoms with Gasteiger partial charge < -0.3 is 15.3 Å². The molecule has 5 heteroatoms. The number of rotatable bonds is 7. The van der Waals surface area contributed by atoms with E-state index in [0.29, 0.717) is 19.0 Å². The summed E-state index contributed by atoms with van der Waals surface area (Å²) in [6.45, 7) is 6.56. The number of nitrogens with one attached hydrogen (secondary N) is 1. The molecule has 1 aliphatic rings. The number of amides is 1. The van der Waals surface area contributed by atoms with Crippen molar-refractivity contribution < 1.29 is 14.7 Å². The molecule has 0 atom stereocenters. The lowest BCUT2D eigenvalue weighted by molar-refractivity contribution is -0.147. The first kappa shape index (κ1) is 14.0. The molecule has 0 aromatic rings. The minimum absolute atomic E-state index is 0.131. The highest BCUT2D eigenvalue weighted by atomic mass is 16.4. The van der Waals surface area contributed by atoms with Gasteiger partial charge in [-0.05, 0) is 39.2 Å². The summed E-state index contributed by atoms with van der Waals surface area (Å²) in [5.41, 5.74) is -0.695. The molecule has 5 nitrogen and oxygen atoms in total. The highest BCUT2D eigenvalue weighted by molar-refractivity contribution is 5.88. The van der Waals surface area contributed by atoms with E-state index in [9.17, 15) is 9.59 Å². The Morgan fingerprint density at radius 1 is 1.41 bits per heavy atom. The number of carboxylic acids is 1. The number of aliphatic carboxylic acids is 1. The van der Waals surface area contributed by atoms with Crippen molar-refractivity contribution in [3.05, 3.63) is 0 Å². The summed E-state index contributed by atoms with van der Waals surface area (Å²) < 4.78 is 0. The van der Waals surface area contributed by atoms with Gasteiger partial charge in [0.15, 0.2) is 0 Å². The van der Waals surface area contributed by atoms with Crippen molar-refractivity contribution in [1.82, 2.24) is 10.2 Å². The van der Waals surface area contributed by atoms with Crippen LogP contribution in [0.2, 0.25) is 0 Å². The molecule has 0 bridgehead atoms. The fourth-order valence-corrected chi connectivity index (χ4v) is 1.91.